The van der Waals surface area contributed by atoms with Gasteiger partial charge in [0.25, 0.3) is 0 Å². The standard InChI is InChI=1S/C24H30Cl3N3O4S/c1-4-6-13-28-24(32)22(5-2)29(15-17-7-8-19(26)14-21(17)27)23(31)16-30(35(3,33)34)20-11-9-18(25)10-12-20/h7-12,14,22H,4-6,13,15-16H2,1-3H3,(H,28,32)/t22-/m0/s1. The number of nitrogens with zero attached hydrogens (tertiary/aromatic N) is 2. The van der Waals surface area contributed by atoms with Crippen LogP contribution in [0.4, 0.5) is 5.69 Å². The second-order valence-electron chi connectivity index (χ2n) is 8.07. The van der Waals surface area contributed by atoms with E-state index in [9.17, 15) is 18.0 Å². The van der Waals surface area contributed by atoms with Gasteiger partial charge in [0.1, 0.15) is 12.6 Å². The van der Waals surface area contributed by atoms with Crippen molar-refractivity contribution in [3.05, 3.63) is 63.1 Å². The summed E-state index contributed by atoms with van der Waals surface area (Å²) in [6, 6.07) is 10.2. The van der Waals surface area contributed by atoms with E-state index in [1.165, 1.54) is 17.0 Å². The van der Waals surface area contributed by atoms with Crippen LogP contribution in [0.2, 0.25) is 15.1 Å². The van der Waals surface area contributed by atoms with Crippen molar-refractivity contribution in [3.8, 4) is 0 Å². The van der Waals surface area contributed by atoms with Crippen LogP contribution in [0.15, 0.2) is 42.5 Å². The van der Waals surface area contributed by atoms with E-state index in [0.717, 1.165) is 23.4 Å². The molecule has 2 aromatic carbocycles. The van der Waals surface area contributed by atoms with Gasteiger partial charge in [-0.15, -0.1) is 0 Å². The van der Waals surface area contributed by atoms with Crippen molar-refractivity contribution in [2.75, 3.05) is 23.7 Å². The highest BCUT2D eigenvalue weighted by molar-refractivity contribution is 7.92. The van der Waals surface area contributed by atoms with Gasteiger partial charge in [-0.25, -0.2) is 8.42 Å². The highest BCUT2D eigenvalue weighted by atomic mass is 35.5. The Balaban J connectivity index is 2.43. The summed E-state index contributed by atoms with van der Waals surface area (Å²) in [4.78, 5) is 28.0. The number of sulfonamides is 1. The van der Waals surface area contributed by atoms with E-state index in [0.29, 0.717) is 33.6 Å². The smallest absolute Gasteiger partial charge is 0.244 e. The van der Waals surface area contributed by atoms with Crippen LogP contribution in [0.3, 0.4) is 0 Å². The normalized spacial score (nSPS) is 12.2. The first-order chi connectivity index (χ1) is 16.5. The quantitative estimate of drug-likeness (QED) is 0.363. The topological polar surface area (TPSA) is 86.8 Å². The summed E-state index contributed by atoms with van der Waals surface area (Å²) in [5, 5.41) is 4.08. The van der Waals surface area contributed by atoms with Gasteiger partial charge in [0.2, 0.25) is 21.8 Å². The summed E-state index contributed by atoms with van der Waals surface area (Å²) >= 11 is 18.3. The summed E-state index contributed by atoms with van der Waals surface area (Å²) in [5.41, 5.74) is 0.872. The fourth-order valence-corrected chi connectivity index (χ4v) is 4.92. The molecule has 2 aromatic rings. The van der Waals surface area contributed by atoms with Crippen LogP contribution in [-0.4, -0.2) is 50.5 Å². The van der Waals surface area contributed by atoms with Gasteiger partial charge in [-0.3, -0.25) is 13.9 Å². The minimum absolute atomic E-state index is 0.00671. The van der Waals surface area contributed by atoms with Crippen LogP contribution in [0.25, 0.3) is 0 Å². The Bertz CT molecular complexity index is 1130. The molecule has 0 aliphatic rings. The van der Waals surface area contributed by atoms with Crippen molar-refractivity contribution in [1.82, 2.24) is 10.2 Å². The van der Waals surface area contributed by atoms with E-state index in [1.54, 1.807) is 37.3 Å². The van der Waals surface area contributed by atoms with Crippen LogP contribution >= 0.6 is 34.8 Å². The molecule has 11 heteroatoms. The highest BCUT2D eigenvalue weighted by Crippen LogP contribution is 2.25. The lowest BCUT2D eigenvalue weighted by Crippen LogP contribution is -2.52. The van der Waals surface area contributed by atoms with Crippen LogP contribution in [0.1, 0.15) is 38.7 Å². The average molecular weight is 563 g/mol. The number of unbranched alkanes of at least 4 members (excludes halogenated alkanes) is 1. The molecule has 192 valence electrons. The predicted molar refractivity (Wildman–Crippen MR) is 143 cm³/mol. The fourth-order valence-electron chi connectivity index (χ4n) is 3.48. The first-order valence-electron chi connectivity index (χ1n) is 11.2. The van der Waals surface area contributed by atoms with Gasteiger partial charge in [0.15, 0.2) is 0 Å². The maximum absolute atomic E-state index is 13.6. The van der Waals surface area contributed by atoms with Crippen LogP contribution < -0.4 is 9.62 Å². The lowest BCUT2D eigenvalue weighted by molar-refractivity contribution is -0.140. The molecule has 0 aliphatic heterocycles. The number of carbonyl (C=O) groups excluding carboxylic acids is 2. The number of benzene rings is 2. The molecule has 2 rings (SSSR count). The average Bonchev–Trinajstić information content (AvgIpc) is 2.78. The Labute approximate surface area is 222 Å². The van der Waals surface area contributed by atoms with Crippen molar-refractivity contribution in [1.29, 1.82) is 0 Å². The molecule has 0 spiro atoms. The first kappa shape index (κ1) is 29.2. The highest BCUT2D eigenvalue weighted by Gasteiger charge is 2.32. The zero-order valence-corrected chi connectivity index (χ0v) is 23.0. The molecule has 35 heavy (non-hydrogen) atoms. The molecule has 1 N–H and O–H groups in total. The van der Waals surface area contributed by atoms with E-state index < -0.39 is 28.5 Å². The van der Waals surface area contributed by atoms with Gasteiger partial charge in [-0.05, 0) is 54.8 Å². The van der Waals surface area contributed by atoms with E-state index >= 15 is 0 Å². The van der Waals surface area contributed by atoms with Crippen LogP contribution in [-0.2, 0) is 26.2 Å². The second-order valence-corrected chi connectivity index (χ2v) is 11.3. The third-order valence-electron chi connectivity index (χ3n) is 5.37. The first-order valence-corrected chi connectivity index (χ1v) is 14.2. The van der Waals surface area contributed by atoms with Gasteiger partial charge >= 0.3 is 0 Å². The van der Waals surface area contributed by atoms with Crippen molar-refractivity contribution < 1.29 is 18.0 Å². The molecule has 0 radical (unpaired) electrons. The van der Waals surface area contributed by atoms with Gasteiger partial charge in [0.05, 0.1) is 11.9 Å². The molecule has 0 fully saturated rings. The third kappa shape index (κ3) is 8.56. The monoisotopic (exact) mass is 561 g/mol. The van der Waals surface area contributed by atoms with Crippen LogP contribution in [0, 0.1) is 0 Å². The number of nitrogens with one attached hydrogen (secondary N) is 1. The maximum atomic E-state index is 13.6. The fraction of sp³-hybridized carbons (Fsp3) is 0.417. The van der Waals surface area contributed by atoms with Crippen molar-refractivity contribution in [3.63, 3.8) is 0 Å². The minimum atomic E-state index is -3.82. The largest absolute Gasteiger partial charge is 0.354 e. The Morgan fingerprint density at radius 1 is 1.00 bits per heavy atom. The Morgan fingerprint density at radius 2 is 1.63 bits per heavy atom. The number of halogens is 3. The van der Waals surface area contributed by atoms with Gasteiger partial charge in [-0.1, -0.05) is 61.1 Å². The Morgan fingerprint density at radius 3 is 2.17 bits per heavy atom. The minimum Gasteiger partial charge on any atom is -0.354 e. The van der Waals surface area contributed by atoms with E-state index in [-0.39, 0.29) is 18.1 Å². The molecular weight excluding hydrogens is 533 g/mol. The summed E-state index contributed by atoms with van der Waals surface area (Å²) in [7, 11) is -3.82. The summed E-state index contributed by atoms with van der Waals surface area (Å²) in [5.74, 6) is -0.856. The second kappa shape index (κ2) is 13.3. The van der Waals surface area contributed by atoms with Crippen molar-refractivity contribution >= 4 is 62.3 Å². The molecular formula is C24H30Cl3N3O4S. The number of anilines is 1. The molecule has 0 aliphatic carbocycles. The summed E-state index contributed by atoms with van der Waals surface area (Å²) in [6.45, 7) is 3.80. The zero-order valence-electron chi connectivity index (χ0n) is 19.9. The van der Waals surface area contributed by atoms with Gasteiger partial charge < -0.3 is 10.2 Å². The summed E-state index contributed by atoms with van der Waals surface area (Å²) < 4.78 is 26.1. The number of carbonyl (C=O) groups is 2. The molecule has 7 nitrogen and oxygen atoms in total. The van der Waals surface area contributed by atoms with Gasteiger partial charge in [-0.2, -0.15) is 0 Å². The molecule has 0 heterocycles. The summed E-state index contributed by atoms with van der Waals surface area (Å²) in [6.07, 6.45) is 3.06. The van der Waals surface area contributed by atoms with Crippen molar-refractivity contribution in [2.45, 2.75) is 45.7 Å². The van der Waals surface area contributed by atoms with E-state index in [4.69, 9.17) is 34.8 Å². The molecule has 0 aromatic heterocycles. The number of rotatable bonds is 12. The van der Waals surface area contributed by atoms with Gasteiger partial charge in [0, 0.05) is 28.2 Å². The maximum Gasteiger partial charge on any atom is 0.244 e. The number of amides is 2. The SMILES string of the molecule is CCCCNC(=O)[C@H](CC)N(Cc1ccc(Cl)cc1Cl)C(=O)CN(c1ccc(Cl)cc1)S(C)(=O)=O. The molecule has 2 amide bonds. The number of hydrogen-bond donors (Lipinski definition) is 1. The third-order valence-corrected chi connectivity index (χ3v) is 7.34. The molecule has 0 saturated carbocycles. The lowest BCUT2D eigenvalue weighted by Gasteiger charge is -2.33. The molecule has 1 atom stereocenters. The van der Waals surface area contributed by atoms with E-state index in [1.807, 2.05) is 6.92 Å². The lowest BCUT2D eigenvalue weighted by atomic mass is 10.1. The van der Waals surface area contributed by atoms with Crippen molar-refractivity contribution in [2.24, 2.45) is 0 Å². The Hall–Kier alpha value is -2.00. The van der Waals surface area contributed by atoms with E-state index in [2.05, 4.69) is 5.32 Å². The number of hydrogen-bond acceptors (Lipinski definition) is 4. The molecule has 0 bridgehead atoms. The van der Waals surface area contributed by atoms with Crippen LogP contribution in [0.5, 0.6) is 0 Å². The predicted octanol–water partition coefficient (Wildman–Crippen LogP) is 5.14. The molecule has 0 saturated heterocycles. The Kier molecular flexibility index (Phi) is 11.1. The zero-order chi connectivity index (χ0) is 26.2. The molecule has 0 unspecified atom stereocenters.